The van der Waals surface area contributed by atoms with Crippen molar-refractivity contribution >= 4 is 17.4 Å². The zero-order valence-electron chi connectivity index (χ0n) is 9.75. The van der Waals surface area contributed by atoms with E-state index in [1.807, 2.05) is 30.3 Å². The lowest BCUT2D eigenvalue weighted by Crippen LogP contribution is -1.95. The fourth-order valence-corrected chi connectivity index (χ4v) is 2.22. The summed E-state index contributed by atoms with van der Waals surface area (Å²) < 4.78 is 5.09. The SMILES string of the molecule is COc1ccc(Sc2nccc(C#N)c2N)cc1. The molecule has 0 atom stereocenters. The first-order valence-corrected chi connectivity index (χ1v) is 6.02. The van der Waals surface area contributed by atoms with E-state index < -0.39 is 0 Å². The van der Waals surface area contributed by atoms with Crippen molar-refractivity contribution < 1.29 is 4.74 Å². The maximum atomic E-state index is 8.89. The van der Waals surface area contributed by atoms with E-state index in [9.17, 15) is 0 Å². The highest BCUT2D eigenvalue weighted by molar-refractivity contribution is 7.99. The molecule has 4 nitrogen and oxygen atoms in total. The highest BCUT2D eigenvalue weighted by atomic mass is 32.2. The molecule has 2 N–H and O–H groups in total. The van der Waals surface area contributed by atoms with Gasteiger partial charge in [0, 0.05) is 11.1 Å². The van der Waals surface area contributed by atoms with E-state index in [4.69, 9.17) is 15.7 Å². The Labute approximate surface area is 109 Å². The Balaban J connectivity index is 2.26. The average molecular weight is 257 g/mol. The first-order chi connectivity index (χ1) is 8.74. The van der Waals surface area contributed by atoms with Gasteiger partial charge in [0.1, 0.15) is 16.8 Å². The summed E-state index contributed by atoms with van der Waals surface area (Å²) in [5.41, 5.74) is 6.73. The molecule has 0 saturated heterocycles. The molecule has 5 heteroatoms. The molecule has 0 unspecified atom stereocenters. The summed E-state index contributed by atoms with van der Waals surface area (Å²) in [6.07, 6.45) is 1.58. The van der Waals surface area contributed by atoms with Crippen LogP contribution in [0.15, 0.2) is 46.5 Å². The first-order valence-electron chi connectivity index (χ1n) is 5.21. The Kier molecular flexibility index (Phi) is 3.70. The fourth-order valence-electron chi connectivity index (χ4n) is 1.39. The normalized spacial score (nSPS) is 9.78. The summed E-state index contributed by atoms with van der Waals surface area (Å²) in [6.45, 7) is 0. The minimum Gasteiger partial charge on any atom is -0.497 e. The van der Waals surface area contributed by atoms with Crippen LogP contribution in [-0.2, 0) is 0 Å². The largest absolute Gasteiger partial charge is 0.497 e. The van der Waals surface area contributed by atoms with Crippen LogP contribution in [0.4, 0.5) is 5.69 Å². The Morgan fingerprint density at radius 3 is 2.61 bits per heavy atom. The average Bonchev–Trinajstić information content (AvgIpc) is 2.42. The van der Waals surface area contributed by atoms with Crippen LogP contribution < -0.4 is 10.5 Å². The molecular weight excluding hydrogens is 246 g/mol. The summed E-state index contributed by atoms with van der Waals surface area (Å²) in [5, 5.41) is 9.53. The second kappa shape index (κ2) is 5.43. The number of hydrogen-bond donors (Lipinski definition) is 1. The van der Waals surface area contributed by atoms with Crippen LogP contribution in [0.3, 0.4) is 0 Å². The number of rotatable bonds is 3. The molecule has 1 aromatic carbocycles. The van der Waals surface area contributed by atoms with Gasteiger partial charge in [-0.25, -0.2) is 4.98 Å². The molecule has 2 rings (SSSR count). The minimum atomic E-state index is 0.417. The summed E-state index contributed by atoms with van der Waals surface area (Å²) in [6, 6.07) is 11.2. The van der Waals surface area contributed by atoms with Crippen molar-refractivity contribution in [2.45, 2.75) is 9.92 Å². The smallest absolute Gasteiger partial charge is 0.125 e. The molecule has 0 radical (unpaired) electrons. The van der Waals surface area contributed by atoms with Gasteiger partial charge in [-0.15, -0.1) is 0 Å². The van der Waals surface area contributed by atoms with Gasteiger partial charge in [0.15, 0.2) is 0 Å². The third kappa shape index (κ3) is 2.55. The Bertz CT molecular complexity index is 590. The molecule has 0 saturated carbocycles. The maximum absolute atomic E-state index is 8.89. The number of pyridine rings is 1. The predicted molar refractivity (Wildman–Crippen MR) is 70.5 cm³/mol. The number of aromatic nitrogens is 1. The van der Waals surface area contributed by atoms with Crippen molar-refractivity contribution in [3.63, 3.8) is 0 Å². The van der Waals surface area contributed by atoms with Gasteiger partial charge in [-0.2, -0.15) is 5.26 Å². The van der Waals surface area contributed by atoms with Crippen LogP contribution in [0.25, 0.3) is 0 Å². The summed E-state index contributed by atoms with van der Waals surface area (Å²) in [7, 11) is 1.62. The lowest BCUT2D eigenvalue weighted by molar-refractivity contribution is 0.414. The topological polar surface area (TPSA) is 71.9 Å². The number of anilines is 1. The molecule has 0 bridgehead atoms. The second-order valence-corrected chi connectivity index (χ2v) is 4.53. The van der Waals surface area contributed by atoms with E-state index in [1.165, 1.54) is 11.8 Å². The quantitative estimate of drug-likeness (QED) is 0.915. The molecule has 0 aliphatic heterocycles. The first kappa shape index (κ1) is 12.3. The molecule has 90 valence electrons. The highest BCUT2D eigenvalue weighted by Gasteiger charge is 2.07. The van der Waals surface area contributed by atoms with Crippen LogP contribution >= 0.6 is 11.8 Å². The van der Waals surface area contributed by atoms with Gasteiger partial charge in [0.05, 0.1) is 18.4 Å². The molecule has 0 aliphatic rings. The number of nitrogens with zero attached hydrogens (tertiary/aromatic N) is 2. The van der Waals surface area contributed by atoms with E-state index in [0.717, 1.165) is 10.6 Å². The van der Waals surface area contributed by atoms with Crippen LogP contribution in [-0.4, -0.2) is 12.1 Å². The third-order valence-corrected chi connectivity index (χ3v) is 3.37. The summed E-state index contributed by atoms with van der Waals surface area (Å²) in [4.78, 5) is 5.17. The number of ether oxygens (including phenoxy) is 1. The van der Waals surface area contributed by atoms with E-state index in [2.05, 4.69) is 4.98 Å². The van der Waals surface area contributed by atoms with Crippen molar-refractivity contribution in [2.24, 2.45) is 0 Å². The van der Waals surface area contributed by atoms with Crippen molar-refractivity contribution in [1.29, 1.82) is 5.26 Å². The molecule has 18 heavy (non-hydrogen) atoms. The number of nitrogens with two attached hydrogens (primary N) is 1. The van der Waals surface area contributed by atoms with Crippen molar-refractivity contribution in [3.8, 4) is 11.8 Å². The van der Waals surface area contributed by atoms with E-state index in [1.54, 1.807) is 19.4 Å². The van der Waals surface area contributed by atoms with Crippen LogP contribution in [0, 0.1) is 11.3 Å². The Morgan fingerprint density at radius 2 is 2.00 bits per heavy atom. The van der Waals surface area contributed by atoms with Crippen LogP contribution in [0.2, 0.25) is 0 Å². The molecule has 0 aliphatic carbocycles. The number of hydrogen-bond acceptors (Lipinski definition) is 5. The van der Waals surface area contributed by atoms with Gasteiger partial charge >= 0.3 is 0 Å². The van der Waals surface area contributed by atoms with E-state index >= 15 is 0 Å². The molecule has 0 amide bonds. The zero-order chi connectivity index (χ0) is 13.0. The zero-order valence-corrected chi connectivity index (χ0v) is 10.6. The maximum Gasteiger partial charge on any atom is 0.125 e. The van der Waals surface area contributed by atoms with Crippen LogP contribution in [0.1, 0.15) is 5.56 Å². The minimum absolute atomic E-state index is 0.417. The standard InChI is InChI=1S/C13H11N3OS/c1-17-10-2-4-11(5-3-10)18-13-12(15)9(8-14)6-7-16-13/h2-7H,15H2,1H3. The molecule has 1 heterocycles. The highest BCUT2D eigenvalue weighted by Crippen LogP contribution is 2.32. The summed E-state index contributed by atoms with van der Waals surface area (Å²) in [5.74, 6) is 0.797. The number of nitriles is 1. The third-order valence-electron chi connectivity index (χ3n) is 2.35. The molecular formula is C13H11N3OS. The monoisotopic (exact) mass is 257 g/mol. The number of nitrogen functional groups attached to an aromatic ring is 1. The number of methoxy groups -OCH3 is 1. The lowest BCUT2D eigenvalue weighted by atomic mass is 10.2. The predicted octanol–water partition coefficient (Wildman–Crippen LogP) is 2.70. The van der Waals surface area contributed by atoms with Gasteiger partial charge in [0.2, 0.25) is 0 Å². The molecule has 0 fully saturated rings. The Hall–Kier alpha value is -2.19. The van der Waals surface area contributed by atoms with Gasteiger partial charge in [-0.05, 0) is 30.3 Å². The summed E-state index contributed by atoms with van der Waals surface area (Å²) >= 11 is 1.42. The van der Waals surface area contributed by atoms with Gasteiger partial charge in [-0.3, -0.25) is 0 Å². The van der Waals surface area contributed by atoms with Gasteiger partial charge < -0.3 is 10.5 Å². The van der Waals surface area contributed by atoms with Crippen molar-refractivity contribution in [1.82, 2.24) is 4.98 Å². The van der Waals surface area contributed by atoms with E-state index in [-0.39, 0.29) is 0 Å². The lowest BCUT2D eigenvalue weighted by Gasteiger charge is -2.06. The fraction of sp³-hybridized carbons (Fsp3) is 0.0769. The molecule has 1 aromatic heterocycles. The van der Waals surface area contributed by atoms with Crippen LogP contribution in [0.5, 0.6) is 5.75 Å². The van der Waals surface area contributed by atoms with Gasteiger partial charge in [0.25, 0.3) is 0 Å². The Morgan fingerprint density at radius 1 is 1.28 bits per heavy atom. The number of benzene rings is 1. The van der Waals surface area contributed by atoms with Crippen molar-refractivity contribution in [3.05, 3.63) is 42.1 Å². The molecule has 2 aromatic rings. The van der Waals surface area contributed by atoms with Crippen molar-refractivity contribution in [2.75, 3.05) is 12.8 Å². The van der Waals surface area contributed by atoms with Gasteiger partial charge in [-0.1, -0.05) is 11.8 Å². The second-order valence-electron chi connectivity index (χ2n) is 3.47. The van der Waals surface area contributed by atoms with E-state index in [0.29, 0.717) is 16.3 Å². The molecule has 0 spiro atoms.